The lowest BCUT2D eigenvalue weighted by molar-refractivity contribution is 0.471. The number of halogens is 1. The predicted molar refractivity (Wildman–Crippen MR) is 117 cm³/mol. The lowest BCUT2D eigenvalue weighted by Crippen LogP contribution is -2.14. The zero-order valence-corrected chi connectivity index (χ0v) is 17.2. The number of phenols is 1. The Kier molecular flexibility index (Phi) is 5.01. The molecule has 1 atom stereocenters. The number of pyridine rings is 2. The predicted octanol–water partition coefficient (Wildman–Crippen LogP) is 5.92. The Labute approximate surface area is 172 Å². The van der Waals surface area contributed by atoms with Crippen LogP contribution in [0.1, 0.15) is 28.4 Å². The van der Waals surface area contributed by atoms with Crippen molar-refractivity contribution in [1.82, 2.24) is 9.97 Å². The maximum Gasteiger partial charge on any atom is 0.147 e. The molecule has 2 N–H and O–H groups in total. The molecule has 1 unspecified atom stereocenters. The van der Waals surface area contributed by atoms with Crippen LogP contribution in [0.15, 0.2) is 71.3 Å². The Morgan fingerprint density at radius 1 is 1.00 bits per heavy atom. The van der Waals surface area contributed by atoms with E-state index >= 15 is 0 Å². The zero-order chi connectivity index (χ0) is 19.7. The number of anilines is 1. The van der Waals surface area contributed by atoms with Gasteiger partial charge in [-0.2, -0.15) is 0 Å². The SMILES string of the molecule is Cc1ccc2ccc(C(Nc3cc(C)c(Br)cn3)c3ccccc3)c(O)c2n1. The summed E-state index contributed by atoms with van der Waals surface area (Å²) in [6, 6.07) is 19.6. The van der Waals surface area contributed by atoms with Crippen LogP contribution >= 0.6 is 15.9 Å². The molecular weight excluding hydrogens is 414 g/mol. The van der Waals surface area contributed by atoms with Gasteiger partial charge in [0.05, 0.1) is 6.04 Å². The van der Waals surface area contributed by atoms with Crippen LogP contribution in [0.25, 0.3) is 10.9 Å². The largest absolute Gasteiger partial charge is 0.505 e. The molecule has 4 nitrogen and oxygen atoms in total. The van der Waals surface area contributed by atoms with Gasteiger partial charge in [0, 0.05) is 27.3 Å². The fraction of sp³-hybridized carbons (Fsp3) is 0.130. The van der Waals surface area contributed by atoms with E-state index < -0.39 is 0 Å². The molecule has 0 saturated heterocycles. The molecule has 2 aromatic carbocycles. The van der Waals surface area contributed by atoms with E-state index in [1.807, 2.05) is 74.5 Å². The van der Waals surface area contributed by atoms with Crippen molar-refractivity contribution >= 4 is 32.7 Å². The third kappa shape index (κ3) is 3.58. The van der Waals surface area contributed by atoms with Crippen LogP contribution in [0, 0.1) is 13.8 Å². The van der Waals surface area contributed by atoms with Crippen molar-refractivity contribution in [3.8, 4) is 5.75 Å². The van der Waals surface area contributed by atoms with Gasteiger partial charge in [0.15, 0.2) is 0 Å². The van der Waals surface area contributed by atoms with Crippen molar-refractivity contribution in [1.29, 1.82) is 0 Å². The number of phenolic OH excluding ortho intramolecular Hbond substituents is 1. The second-order valence-electron chi connectivity index (χ2n) is 6.83. The normalized spacial score (nSPS) is 12.1. The van der Waals surface area contributed by atoms with E-state index in [2.05, 4.69) is 31.2 Å². The molecule has 2 aromatic heterocycles. The van der Waals surface area contributed by atoms with Crippen molar-refractivity contribution < 1.29 is 5.11 Å². The van der Waals surface area contributed by atoms with Gasteiger partial charge in [0.2, 0.25) is 0 Å². The van der Waals surface area contributed by atoms with Gasteiger partial charge in [-0.15, -0.1) is 0 Å². The summed E-state index contributed by atoms with van der Waals surface area (Å²) < 4.78 is 0.961. The fourth-order valence-electron chi connectivity index (χ4n) is 3.27. The molecule has 0 aliphatic carbocycles. The highest BCUT2D eigenvalue weighted by molar-refractivity contribution is 9.10. The molecule has 140 valence electrons. The van der Waals surface area contributed by atoms with Gasteiger partial charge in [0.1, 0.15) is 17.1 Å². The van der Waals surface area contributed by atoms with E-state index in [1.165, 1.54) is 0 Å². The van der Waals surface area contributed by atoms with E-state index in [0.29, 0.717) is 5.52 Å². The summed E-state index contributed by atoms with van der Waals surface area (Å²) in [5.74, 6) is 0.933. The Balaban J connectivity index is 1.85. The molecule has 28 heavy (non-hydrogen) atoms. The van der Waals surface area contributed by atoms with Crippen molar-refractivity contribution in [3.63, 3.8) is 0 Å². The summed E-state index contributed by atoms with van der Waals surface area (Å²) in [5, 5.41) is 15.4. The highest BCUT2D eigenvalue weighted by Gasteiger charge is 2.20. The number of aromatic nitrogens is 2. The average Bonchev–Trinajstić information content (AvgIpc) is 2.71. The van der Waals surface area contributed by atoms with Gasteiger partial charge < -0.3 is 10.4 Å². The van der Waals surface area contributed by atoms with Crippen LogP contribution in [0.4, 0.5) is 5.82 Å². The summed E-state index contributed by atoms with van der Waals surface area (Å²) in [6.45, 7) is 3.95. The quantitative estimate of drug-likeness (QED) is 0.419. The summed E-state index contributed by atoms with van der Waals surface area (Å²) in [7, 11) is 0. The van der Waals surface area contributed by atoms with Crippen LogP contribution < -0.4 is 5.32 Å². The maximum absolute atomic E-state index is 11.1. The Hall–Kier alpha value is -2.92. The maximum atomic E-state index is 11.1. The lowest BCUT2D eigenvalue weighted by Gasteiger charge is -2.22. The topological polar surface area (TPSA) is 58.0 Å². The number of rotatable bonds is 4. The molecule has 5 heteroatoms. The minimum Gasteiger partial charge on any atom is -0.505 e. The van der Waals surface area contributed by atoms with Gasteiger partial charge in [-0.3, -0.25) is 0 Å². The van der Waals surface area contributed by atoms with Crippen LogP contribution in [0.2, 0.25) is 0 Å². The molecule has 0 saturated carbocycles. The first-order valence-electron chi connectivity index (χ1n) is 9.06. The van der Waals surface area contributed by atoms with E-state index in [-0.39, 0.29) is 11.8 Å². The Morgan fingerprint density at radius 2 is 1.75 bits per heavy atom. The second kappa shape index (κ2) is 7.60. The summed E-state index contributed by atoms with van der Waals surface area (Å²) in [5.41, 5.74) is 4.37. The Morgan fingerprint density at radius 3 is 2.50 bits per heavy atom. The lowest BCUT2D eigenvalue weighted by atomic mass is 9.96. The van der Waals surface area contributed by atoms with Gasteiger partial charge in [0.25, 0.3) is 0 Å². The number of nitrogens with zero attached hydrogens (tertiary/aromatic N) is 2. The van der Waals surface area contributed by atoms with E-state index in [9.17, 15) is 5.11 Å². The minimum absolute atomic E-state index is 0.191. The first-order valence-corrected chi connectivity index (χ1v) is 9.85. The molecule has 2 heterocycles. The molecular formula is C23H20BrN3O. The second-order valence-corrected chi connectivity index (χ2v) is 7.69. The highest BCUT2D eigenvalue weighted by Crippen LogP contribution is 2.36. The third-order valence-electron chi connectivity index (χ3n) is 4.79. The number of aromatic hydroxyl groups is 1. The number of benzene rings is 2. The monoisotopic (exact) mass is 433 g/mol. The standard InChI is InChI=1S/C23H20BrN3O/c1-14-12-20(25-13-19(14)24)27-21(16-6-4-3-5-7-16)18-11-10-17-9-8-15(2)26-22(17)23(18)28/h3-13,21,28H,1-2H3,(H,25,27). The van der Waals surface area contributed by atoms with E-state index in [0.717, 1.165) is 38.1 Å². The summed E-state index contributed by atoms with van der Waals surface area (Å²) in [4.78, 5) is 9.03. The molecule has 0 radical (unpaired) electrons. The number of hydrogen-bond acceptors (Lipinski definition) is 4. The van der Waals surface area contributed by atoms with Crippen molar-refractivity contribution in [2.75, 3.05) is 5.32 Å². The number of nitrogens with one attached hydrogen (secondary N) is 1. The number of hydrogen-bond donors (Lipinski definition) is 2. The van der Waals surface area contributed by atoms with Crippen LogP contribution in [-0.4, -0.2) is 15.1 Å². The van der Waals surface area contributed by atoms with Gasteiger partial charge >= 0.3 is 0 Å². The fourth-order valence-corrected chi connectivity index (χ4v) is 3.49. The molecule has 0 aliphatic heterocycles. The van der Waals surface area contributed by atoms with E-state index in [4.69, 9.17) is 0 Å². The van der Waals surface area contributed by atoms with Crippen LogP contribution in [0.5, 0.6) is 5.75 Å². The van der Waals surface area contributed by atoms with Crippen molar-refractivity contribution in [3.05, 3.63) is 93.7 Å². The first-order chi connectivity index (χ1) is 13.5. The third-order valence-corrected chi connectivity index (χ3v) is 5.62. The van der Waals surface area contributed by atoms with Gasteiger partial charge in [-0.25, -0.2) is 9.97 Å². The summed E-state index contributed by atoms with van der Waals surface area (Å²) in [6.07, 6.45) is 1.78. The van der Waals surface area contributed by atoms with E-state index in [1.54, 1.807) is 6.20 Å². The molecule has 0 spiro atoms. The molecule has 0 bridgehead atoms. The van der Waals surface area contributed by atoms with Crippen LogP contribution in [-0.2, 0) is 0 Å². The molecule has 4 aromatic rings. The number of aryl methyl sites for hydroxylation is 2. The minimum atomic E-state index is -0.263. The molecule has 0 amide bonds. The van der Waals surface area contributed by atoms with Crippen molar-refractivity contribution in [2.45, 2.75) is 19.9 Å². The highest BCUT2D eigenvalue weighted by atomic mass is 79.9. The average molecular weight is 434 g/mol. The van der Waals surface area contributed by atoms with Gasteiger partial charge in [-0.1, -0.05) is 48.5 Å². The Bertz CT molecular complexity index is 1150. The smallest absolute Gasteiger partial charge is 0.147 e. The zero-order valence-electron chi connectivity index (χ0n) is 15.6. The first kappa shape index (κ1) is 18.4. The van der Waals surface area contributed by atoms with Crippen molar-refractivity contribution in [2.24, 2.45) is 0 Å². The van der Waals surface area contributed by atoms with Gasteiger partial charge in [-0.05, 0) is 53.0 Å². The number of fused-ring (bicyclic) bond motifs is 1. The molecule has 0 aliphatic rings. The molecule has 0 fully saturated rings. The summed E-state index contributed by atoms with van der Waals surface area (Å²) >= 11 is 3.49. The molecule has 4 rings (SSSR count). The van der Waals surface area contributed by atoms with Crippen LogP contribution in [0.3, 0.4) is 0 Å².